The Kier molecular flexibility index (Phi) is 4.99. The second kappa shape index (κ2) is 6.95. The Morgan fingerprint density at radius 1 is 1.29 bits per heavy atom. The Morgan fingerprint density at radius 3 is 2.90 bits per heavy atom. The minimum atomic E-state index is 0.0785. The average Bonchev–Trinajstić information content (AvgIpc) is 3.01. The van der Waals surface area contributed by atoms with Crippen molar-refractivity contribution in [1.29, 1.82) is 0 Å². The van der Waals surface area contributed by atoms with Gasteiger partial charge in [-0.05, 0) is 28.5 Å². The number of benzene rings is 2. The van der Waals surface area contributed by atoms with Gasteiger partial charge >= 0.3 is 0 Å². The Hall–Kier alpha value is -0.840. The first-order valence-corrected chi connectivity index (χ1v) is 9.79. The normalized spacial score (nSPS) is 21.5. The van der Waals surface area contributed by atoms with Crippen LogP contribution in [-0.4, -0.2) is 21.9 Å². The molecule has 2 atom stereocenters. The van der Waals surface area contributed by atoms with Crippen LogP contribution in [0.4, 0.5) is 0 Å². The van der Waals surface area contributed by atoms with Crippen LogP contribution in [0.1, 0.15) is 10.1 Å². The highest BCUT2D eigenvalue weighted by molar-refractivity contribution is 8.21. The van der Waals surface area contributed by atoms with E-state index in [0.29, 0.717) is 9.83 Å². The first-order chi connectivity index (χ1) is 10.3. The van der Waals surface area contributed by atoms with Crippen LogP contribution in [0.3, 0.4) is 0 Å². The van der Waals surface area contributed by atoms with E-state index >= 15 is 0 Å². The van der Waals surface area contributed by atoms with Crippen molar-refractivity contribution in [2.24, 2.45) is 0 Å². The lowest BCUT2D eigenvalue weighted by atomic mass is 10.1. The number of carbonyl (C=O) groups is 1. The second-order valence-electron chi connectivity index (χ2n) is 4.86. The summed E-state index contributed by atoms with van der Waals surface area (Å²) in [4.78, 5) is 11.3. The zero-order valence-corrected chi connectivity index (χ0v) is 14.0. The van der Waals surface area contributed by atoms with Gasteiger partial charge in [-0.2, -0.15) is 0 Å². The van der Waals surface area contributed by atoms with Gasteiger partial charge < -0.3 is 0 Å². The summed E-state index contributed by atoms with van der Waals surface area (Å²) < 4.78 is 0.485. The van der Waals surface area contributed by atoms with Crippen LogP contribution in [-0.2, 0) is 4.79 Å². The molecule has 0 aromatic heterocycles. The van der Waals surface area contributed by atoms with Gasteiger partial charge in [0.15, 0.2) is 0 Å². The Balaban J connectivity index is 1.67. The Bertz CT molecular complexity index is 668. The quantitative estimate of drug-likeness (QED) is 0.721. The highest BCUT2D eigenvalue weighted by Gasteiger charge is 2.27. The van der Waals surface area contributed by atoms with Gasteiger partial charge in [-0.1, -0.05) is 54.7 Å². The topological polar surface area (TPSA) is 17.1 Å². The lowest BCUT2D eigenvalue weighted by Gasteiger charge is -2.11. The SMILES string of the molecule is C=CC(=O)SCC1CSC(c2ccc3ccccc3c2)S1. The van der Waals surface area contributed by atoms with E-state index in [9.17, 15) is 4.79 Å². The van der Waals surface area contributed by atoms with Crippen LogP contribution in [0.5, 0.6) is 0 Å². The van der Waals surface area contributed by atoms with E-state index in [1.54, 1.807) is 0 Å². The standard InChI is InChI=1S/C17H16OS3/c1-2-16(18)19-10-15-11-20-17(21-15)14-8-7-12-5-3-4-6-13(12)9-14/h2-9,15,17H,1,10-11H2. The fraction of sp³-hybridized carbons (Fsp3) is 0.235. The number of carbonyl (C=O) groups excluding carboxylic acids is 1. The van der Waals surface area contributed by atoms with Gasteiger partial charge in [-0.15, -0.1) is 23.5 Å². The molecular formula is C17H16OS3. The monoisotopic (exact) mass is 332 g/mol. The van der Waals surface area contributed by atoms with Crippen LogP contribution >= 0.6 is 35.3 Å². The number of rotatable bonds is 4. The van der Waals surface area contributed by atoms with E-state index in [0.717, 1.165) is 11.5 Å². The molecule has 21 heavy (non-hydrogen) atoms. The molecule has 1 heterocycles. The molecule has 0 amide bonds. The van der Waals surface area contributed by atoms with Gasteiger partial charge in [0.05, 0.1) is 4.58 Å². The maximum absolute atomic E-state index is 11.3. The number of hydrogen-bond acceptors (Lipinski definition) is 4. The van der Waals surface area contributed by atoms with Crippen LogP contribution in [0.25, 0.3) is 10.8 Å². The van der Waals surface area contributed by atoms with Gasteiger partial charge in [-0.3, -0.25) is 4.79 Å². The zero-order valence-electron chi connectivity index (χ0n) is 11.5. The molecule has 0 radical (unpaired) electrons. The highest BCUT2D eigenvalue weighted by Crippen LogP contribution is 2.50. The molecule has 1 nitrogen and oxygen atoms in total. The summed E-state index contributed by atoms with van der Waals surface area (Å²) in [5.74, 6) is 1.99. The Morgan fingerprint density at radius 2 is 2.10 bits per heavy atom. The summed E-state index contributed by atoms with van der Waals surface area (Å²) >= 11 is 5.35. The van der Waals surface area contributed by atoms with E-state index in [4.69, 9.17) is 0 Å². The average molecular weight is 333 g/mol. The maximum Gasteiger partial charge on any atom is 0.211 e. The smallest absolute Gasteiger partial charge is 0.211 e. The van der Waals surface area contributed by atoms with Gasteiger partial charge in [0.25, 0.3) is 0 Å². The number of thioether (sulfide) groups is 3. The van der Waals surface area contributed by atoms with Crippen molar-refractivity contribution in [3.05, 3.63) is 60.7 Å². The molecule has 2 aromatic carbocycles. The molecule has 0 spiro atoms. The molecule has 4 heteroatoms. The van der Waals surface area contributed by atoms with Crippen molar-refractivity contribution in [2.45, 2.75) is 9.83 Å². The largest absolute Gasteiger partial charge is 0.282 e. The molecule has 1 fully saturated rings. The van der Waals surface area contributed by atoms with E-state index in [1.165, 1.54) is 34.2 Å². The predicted octanol–water partition coefficient (Wildman–Crippen LogP) is 5.13. The lowest BCUT2D eigenvalue weighted by Crippen LogP contribution is -2.06. The molecule has 1 saturated heterocycles. The van der Waals surface area contributed by atoms with E-state index < -0.39 is 0 Å². The van der Waals surface area contributed by atoms with Gasteiger partial charge in [0, 0.05) is 16.8 Å². The fourth-order valence-electron chi connectivity index (χ4n) is 2.30. The third-order valence-electron chi connectivity index (χ3n) is 3.37. The summed E-state index contributed by atoms with van der Waals surface area (Å²) in [5, 5.41) is 3.21. The van der Waals surface area contributed by atoms with E-state index in [2.05, 4.69) is 49.0 Å². The minimum Gasteiger partial charge on any atom is -0.282 e. The summed E-state index contributed by atoms with van der Waals surface area (Å²) in [6.45, 7) is 3.51. The molecule has 0 aliphatic carbocycles. The van der Waals surface area contributed by atoms with Gasteiger partial charge in [0.1, 0.15) is 0 Å². The van der Waals surface area contributed by atoms with E-state index in [-0.39, 0.29) is 5.12 Å². The molecule has 0 bridgehead atoms. The van der Waals surface area contributed by atoms with Crippen LogP contribution in [0.15, 0.2) is 55.1 Å². The predicted molar refractivity (Wildman–Crippen MR) is 98.2 cm³/mol. The van der Waals surface area contributed by atoms with Gasteiger partial charge in [-0.25, -0.2) is 0 Å². The first kappa shape index (κ1) is 15.1. The lowest BCUT2D eigenvalue weighted by molar-refractivity contribution is -0.107. The van der Waals surface area contributed by atoms with Crippen molar-refractivity contribution in [2.75, 3.05) is 11.5 Å². The molecule has 2 unspecified atom stereocenters. The Labute approximate surface area is 138 Å². The van der Waals surface area contributed by atoms with E-state index in [1.807, 2.05) is 23.5 Å². The van der Waals surface area contributed by atoms with Crippen LogP contribution in [0, 0.1) is 0 Å². The van der Waals surface area contributed by atoms with Crippen molar-refractivity contribution < 1.29 is 4.79 Å². The molecule has 2 aromatic rings. The van der Waals surface area contributed by atoms with Crippen molar-refractivity contribution in [3.63, 3.8) is 0 Å². The zero-order chi connectivity index (χ0) is 14.7. The van der Waals surface area contributed by atoms with Crippen molar-refractivity contribution in [1.82, 2.24) is 0 Å². The molecule has 1 aliphatic heterocycles. The molecule has 108 valence electrons. The van der Waals surface area contributed by atoms with Crippen molar-refractivity contribution >= 4 is 51.2 Å². The minimum absolute atomic E-state index is 0.0785. The molecular weight excluding hydrogens is 316 g/mol. The first-order valence-electron chi connectivity index (χ1n) is 6.81. The second-order valence-corrected chi connectivity index (χ2v) is 8.74. The maximum atomic E-state index is 11.3. The number of hydrogen-bond donors (Lipinski definition) is 0. The molecule has 3 rings (SSSR count). The summed E-state index contributed by atoms with van der Waals surface area (Å²) in [7, 11) is 0. The molecule has 1 aliphatic rings. The molecule has 0 saturated carbocycles. The molecule has 0 N–H and O–H groups in total. The van der Waals surface area contributed by atoms with Crippen LogP contribution < -0.4 is 0 Å². The van der Waals surface area contributed by atoms with Crippen LogP contribution in [0.2, 0.25) is 0 Å². The third kappa shape index (κ3) is 3.68. The summed E-state index contributed by atoms with van der Waals surface area (Å²) in [5.41, 5.74) is 1.38. The summed E-state index contributed by atoms with van der Waals surface area (Å²) in [6, 6.07) is 15.2. The van der Waals surface area contributed by atoms with Gasteiger partial charge in [0.2, 0.25) is 5.12 Å². The summed E-state index contributed by atoms with van der Waals surface area (Å²) in [6.07, 6.45) is 1.40. The highest BCUT2D eigenvalue weighted by atomic mass is 32.2. The fourth-order valence-corrected chi connectivity index (χ4v) is 6.62. The van der Waals surface area contributed by atoms with Crippen molar-refractivity contribution in [3.8, 4) is 0 Å². The number of fused-ring (bicyclic) bond motifs is 1. The third-order valence-corrected chi connectivity index (χ3v) is 7.96.